The van der Waals surface area contributed by atoms with E-state index in [0.717, 1.165) is 30.9 Å². The van der Waals surface area contributed by atoms with Gasteiger partial charge in [-0.25, -0.2) is 0 Å². The maximum atomic E-state index is 9.54. The molecule has 1 fully saturated rings. The summed E-state index contributed by atoms with van der Waals surface area (Å²) in [4.78, 5) is 0. The fourth-order valence-electron chi connectivity index (χ4n) is 4.74. The molecule has 0 aliphatic heterocycles. The first-order chi connectivity index (χ1) is 12.2. The highest BCUT2D eigenvalue weighted by atomic mass is 16.5. The number of rotatable bonds is 4. The Kier molecular flexibility index (Phi) is 5.69. The van der Waals surface area contributed by atoms with E-state index in [2.05, 4.69) is 39.0 Å². The van der Waals surface area contributed by atoms with Crippen LogP contribution in [0.25, 0.3) is 0 Å². The Morgan fingerprint density at radius 3 is 2.31 bits per heavy atom. The van der Waals surface area contributed by atoms with E-state index in [-0.39, 0.29) is 6.61 Å². The van der Waals surface area contributed by atoms with Gasteiger partial charge in [0.25, 0.3) is 0 Å². The summed E-state index contributed by atoms with van der Waals surface area (Å²) in [6.07, 6.45) is 8.28. The Morgan fingerprint density at radius 2 is 1.69 bits per heavy atom. The lowest BCUT2D eigenvalue weighted by Gasteiger charge is -2.37. The first kappa shape index (κ1) is 19.7. The fourth-order valence-corrected chi connectivity index (χ4v) is 4.74. The average Bonchev–Trinajstić information content (AvgIpc) is 2.61. The largest absolute Gasteiger partial charge is 0.490 e. The zero-order valence-corrected chi connectivity index (χ0v) is 17.1. The van der Waals surface area contributed by atoms with Crippen LogP contribution in [-0.4, -0.2) is 23.4 Å². The van der Waals surface area contributed by atoms with Crippen LogP contribution in [0.15, 0.2) is 18.2 Å². The molecule has 3 nitrogen and oxygen atoms in total. The molecule has 3 heteroatoms. The highest BCUT2D eigenvalue weighted by Crippen LogP contribution is 2.39. The third-order valence-corrected chi connectivity index (χ3v) is 6.88. The number of hydrogen-bond acceptors (Lipinski definition) is 3. The van der Waals surface area contributed by atoms with Crippen molar-refractivity contribution in [3.8, 4) is 5.75 Å². The van der Waals surface area contributed by atoms with Crippen molar-refractivity contribution >= 4 is 0 Å². The summed E-state index contributed by atoms with van der Waals surface area (Å²) in [5, 5.41) is 9.54. The van der Waals surface area contributed by atoms with Crippen LogP contribution in [0.2, 0.25) is 0 Å². The van der Waals surface area contributed by atoms with Gasteiger partial charge in [0.05, 0.1) is 12.7 Å². The molecule has 0 unspecified atom stereocenters. The molecule has 3 rings (SSSR count). The number of ether oxygens (including phenoxy) is 1. The van der Waals surface area contributed by atoms with Crippen molar-refractivity contribution in [3.05, 3.63) is 29.3 Å². The molecule has 1 aromatic carbocycles. The molecule has 0 saturated heterocycles. The van der Waals surface area contributed by atoms with Crippen molar-refractivity contribution in [1.82, 2.24) is 0 Å². The van der Waals surface area contributed by atoms with Gasteiger partial charge in [0.15, 0.2) is 0 Å². The van der Waals surface area contributed by atoms with E-state index in [1.54, 1.807) is 0 Å². The van der Waals surface area contributed by atoms with Crippen molar-refractivity contribution in [1.29, 1.82) is 0 Å². The van der Waals surface area contributed by atoms with E-state index < -0.39 is 5.54 Å². The molecule has 0 aromatic heterocycles. The minimum absolute atomic E-state index is 0.0471. The van der Waals surface area contributed by atoms with Crippen molar-refractivity contribution in [2.45, 2.75) is 84.3 Å². The van der Waals surface area contributed by atoms with Gasteiger partial charge >= 0.3 is 0 Å². The predicted molar refractivity (Wildman–Crippen MR) is 107 cm³/mol. The number of fused-ring (bicyclic) bond motifs is 1. The molecular weight excluding hydrogens is 322 g/mol. The Hall–Kier alpha value is -1.06. The zero-order valence-electron chi connectivity index (χ0n) is 17.1. The number of nitrogens with two attached hydrogens (primary N) is 1. The summed E-state index contributed by atoms with van der Waals surface area (Å²) >= 11 is 0. The van der Waals surface area contributed by atoms with Crippen LogP contribution < -0.4 is 10.5 Å². The van der Waals surface area contributed by atoms with Crippen LogP contribution in [-0.2, 0) is 12.8 Å². The smallest absolute Gasteiger partial charge is 0.120 e. The zero-order chi connectivity index (χ0) is 18.9. The molecule has 146 valence electrons. The van der Waals surface area contributed by atoms with Crippen LogP contribution >= 0.6 is 0 Å². The topological polar surface area (TPSA) is 55.5 Å². The van der Waals surface area contributed by atoms with Crippen molar-refractivity contribution in [2.24, 2.45) is 23.0 Å². The highest BCUT2D eigenvalue weighted by molar-refractivity contribution is 5.38. The second-order valence-electron chi connectivity index (χ2n) is 9.99. The van der Waals surface area contributed by atoms with E-state index in [1.165, 1.54) is 36.8 Å². The fraction of sp³-hybridized carbons (Fsp3) is 0.739. The van der Waals surface area contributed by atoms with Gasteiger partial charge in [-0.1, -0.05) is 26.8 Å². The summed E-state index contributed by atoms with van der Waals surface area (Å²) in [5.41, 5.74) is 8.97. The van der Waals surface area contributed by atoms with Crippen molar-refractivity contribution < 1.29 is 9.84 Å². The molecule has 0 amide bonds. The summed E-state index contributed by atoms with van der Waals surface area (Å²) in [7, 11) is 0. The Balaban J connectivity index is 1.59. The number of hydrogen-bond donors (Lipinski definition) is 2. The van der Waals surface area contributed by atoms with E-state index >= 15 is 0 Å². The number of aliphatic hydroxyl groups excluding tert-OH is 1. The second kappa shape index (κ2) is 7.52. The van der Waals surface area contributed by atoms with Gasteiger partial charge in [-0.15, -0.1) is 0 Å². The standard InChI is InChI=1S/C23H37NO2/c1-22(2,3)18-8-11-20(12-9-18)26-21-10-6-16-13-19(23(4,24)15-25)7-5-17(16)14-21/h6,10,14,18-20,25H,5,7-9,11-13,15,24H2,1-4H3/t18-,19-,20-,23+/m1/s1. The summed E-state index contributed by atoms with van der Waals surface area (Å²) < 4.78 is 6.33. The van der Waals surface area contributed by atoms with Crippen molar-refractivity contribution in [3.63, 3.8) is 0 Å². The lowest BCUT2D eigenvalue weighted by atomic mass is 9.72. The first-order valence-electron chi connectivity index (χ1n) is 10.4. The van der Waals surface area contributed by atoms with Crippen molar-refractivity contribution in [2.75, 3.05) is 6.61 Å². The molecule has 0 spiro atoms. The molecule has 1 aromatic rings. The first-order valence-corrected chi connectivity index (χ1v) is 10.4. The van der Waals surface area contributed by atoms with Crippen LogP contribution in [0.3, 0.4) is 0 Å². The third-order valence-electron chi connectivity index (χ3n) is 6.88. The average molecular weight is 360 g/mol. The van der Waals surface area contributed by atoms with E-state index in [9.17, 15) is 5.11 Å². The molecule has 0 heterocycles. The van der Waals surface area contributed by atoms with Gasteiger partial charge in [-0.05, 0) is 92.4 Å². The molecule has 2 aliphatic rings. The van der Waals surface area contributed by atoms with Crippen LogP contribution in [0.1, 0.15) is 70.9 Å². The normalized spacial score (nSPS) is 28.9. The minimum atomic E-state index is -0.488. The molecule has 2 aliphatic carbocycles. The Morgan fingerprint density at radius 1 is 1.00 bits per heavy atom. The maximum Gasteiger partial charge on any atom is 0.120 e. The van der Waals surface area contributed by atoms with Gasteiger partial charge in [-0.2, -0.15) is 0 Å². The highest BCUT2D eigenvalue weighted by Gasteiger charge is 2.33. The predicted octanol–water partition coefficient (Wildman–Crippen LogP) is 4.48. The molecule has 1 saturated carbocycles. The Labute approximate surface area is 159 Å². The van der Waals surface area contributed by atoms with Gasteiger partial charge in [0.1, 0.15) is 5.75 Å². The molecule has 3 N–H and O–H groups in total. The maximum absolute atomic E-state index is 9.54. The third kappa shape index (κ3) is 4.43. The SMILES string of the molecule is CC(C)(C)[C@H]1CC[C@H](Oc2ccc3c(c2)CC[C@@H]([C@@](C)(N)CO)C3)CC1. The van der Waals surface area contributed by atoms with Gasteiger partial charge in [-0.3, -0.25) is 0 Å². The number of benzene rings is 1. The minimum Gasteiger partial charge on any atom is -0.490 e. The molecule has 2 atom stereocenters. The van der Waals surface area contributed by atoms with Gasteiger partial charge < -0.3 is 15.6 Å². The van der Waals surface area contributed by atoms with Crippen LogP contribution in [0, 0.1) is 17.3 Å². The molecular formula is C23H37NO2. The number of aliphatic hydroxyl groups is 1. The summed E-state index contributed by atoms with van der Waals surface area (Å²) in [6.45, 7) is 9.09. The van der Waals surface area contributed by atoms with Crippen LogP contribution in [0.4, 0.5) is 0 Å². The number of aryl methyl sites for hydroxylation is 1. The van der Waals surface area contributed by atoms with E-state index in [4.69, 9.17) is 10.5 Å². The van der Waals surface area contributed by atoms with E-state index in [0.29, 0.717) is 17.4 Å². The summed E-state index contributed by atoms with van der Waals surface area (Å²) in [5.74, 6) is 2.19. The molecule has 26 heavy (non-hydrogen) atoms. The summed E-state index contributed by atoms with van der Waals surface area (Å²) in [6, 6.07) is 6.59. The van der Waals surface area contributed by atoms with Gasteiger partial charge in [0, 0.05) is 5.54 Å². The lowest BCUT2D eigenvalue weighted by molar-refractivity contribution is 0.0880. The second-order valence-corrected chi connectivity index (χ2v) is 9.99. The lowest BCUT2D eigenvalue weighted by Crippen LogP contribution is -2.49. The van der Waals surface area contributed by atoms with Gasteiger partial charge in [0.2, 0.25) is 0 Å². The molecule has 0 bridgehead atoms. The molecule has 0 radical (unpaired) electrons. The van der Waals surface area contributed by atoms with E-state index in [1.807, 2.05) is 6.92 Å². The van der Waals surface area contributed by atoms with Crippen LogP contribution in [0.5, 0.6) is 5.75 Å². The monoisotopic (exact) mass is 359 g/mol. The Bertz CT molecular complexity index is 609. The quantitative estimate of drug-likeness (QED) is 0.833.